The number of likely N-dealkylation sites (tertiary alicyclic amines) is 1. The minimum Gasteiger partial charge on any atom is -0.494 e. The van der Waals surface area contributed by atoms with Gasteiger partial charge >= 0.3 is 12.0 Å². The fourth-order valence-electron chi connectivity index (χ4n) is 5.40. The predicted molar refractivity (Wildman–Crippen MR) is 161 cm³/mol. The summed E-state index contributed by atoms with van der Waals surface area (Å²) >= 11 is 0. The number of benzene rings is 3. The van der Waals surface area contributed by atoms with Crippen molar-refractivity contribution in [1.29, 1.82) is 0 Å². The molecule has 1 fully saturated rings. The summed E-state index contributed by atoms with van der Waals surface area (Å²) < 4.78 is 5.55. The number of hydrogen-bond acceptors (Lipinski definition) is 5. The van der Waals surface area contributed by atoms with Crippen LogP contribution in [0.3, 0.4) is 0 Å². The summed E-state index contributed by atoms with van der Waals surface area (Å²) in [6, 6.07) is 22.0. The van der Waals surface area contributed by atoms with E-state index in [9.17, 15) is 19.5 Å². The maximum atomic E-state index is 12.7. The van der Waals surface area contributed by atoms with E-state index in [1.54, 1.807) is 23.1 Å². The summed E-state index contributed by atoms with van der Waals surface area (Å²) in [5.74, 6) is -0.123. The highest BCUT2D eigenvalue weighted by molar-refractivity contribution is 6.01. The Morgan fingerprint density at radius 1 is 1.02 bits per heavy atom. The van der Waals surface area contributed by atoms with Crippen LogP contribution in [0, 0.1) is 12.8 Å². The van der Waals surface area contributed by atoms with Gasteiger partial charge in [-0.2, -0.15) is 0 Å². The second-order valence-electron chi connectivity index (χ2n) is 10.4. The number of carbonyl (C=O) groups is 3. The predicted octanol–water partition coefficient (Wildman–Crippen LogP) is 5.93. The topological polar surface area (TPSA) is 111 Å². The summed E-state index contributed by atoms with van der Waals surface area (Å²) in [6.45, 7) is 5.57. The van der Waals surface area contributed by atoms with Gasteiger partial charge in [-0.1, -0.05) is 48.5 Å². The Kier molecular flexibility index (Phi) is 9.97. The van der Waals surface area contributed by atoms with Crippen molar-refractivity contribution in [3.8, 4) is 5.75 Å². The van der Waals surface area contributed by atoms with Gasteiger partial charge in [0.2, 0.25) is 5.91 Å². The standard InChI is InChI=1S/C32H38N4O5/c1-22-9-7-8-12-27(22)33-32(40)34-28-14-13-26(19-30(28)41-3)36(23(2)37)18-16-24-15-17-35(21-24)29(20-31(38)39)25-10-5-4-6-11-25/h4-14,19,24,29H,15-18,20-21H2,1-3H3,(H,38,39)(H2,33,34,40). The lowest BCUT2D eigenvalue weighted by Crippen LogP contribution is -2.32. The third-order valence-corrected chi connectivity index (χ3v) is 7.59. The molecule has 2 unspecified atom stereocenters. The molecule has 1 aliphatic rings. The zero-order valence-electron chi connectivity index (χ0n) is 23.8. The third kappa shape index (κ3) is 7.85. The summed E-state index contributed by atoms with van der Waals surface area (Å²) in [7, 11) is 1.52. The Balaban J connectivity index is 1.39. The summed E-state index contributed by atoms with van der Waals surface area (Å²) in [4.78, 5) is 40.8. The molecule has 1 saturated heterocycles. The average Bonchev–Trinajstić information content (AvgIpc) is 3.42. The van der Waals surface area contributed by atoms with Gasteiger partial charge < -0.3 is 25.4 Å². The Morgan fingerprint density at radius 3 is 2.41 bits per heavy atom. The Hall–Kier alpha value is -4.37. The molecular formula is C32H38N4O5. The van der Waals surface area contributed by atoms with Gasteiger partial charge in [-0.3, -0.25) is 14.5 Å². The van der Waals surface area contributed by atoms with Gasteiger partial charge in [0.1, 0.15) is 5.75 Å². The van der Waals surface area contributed by atoms with E-state index in [0.29, 0.717) is 35.3 Å². The number of carboxylic acids is 1. The lowest BCUT2D eigenvalue weighted by atomic mass is 10.0. The normalized spacial score (nSPS) is 15.6. The van der Waals surface area contributed by atoms with E-state index in [-0.39, 0.29) is 18.4 Å². The molecule has 3 aromatic rings. The summed E-state index contributed by atoms with van der Waals surface area (Å²) in [5, 5.41) is 15.2. The number of amides is 3. The molecule has 0 saturated carbocycles. The highest BCUT2D eigenvalue weighted by atomic mass is 16.5. The van der Waals surface area contributed by atoms with E-state index >= 15 is 0 Å². The van der Waals surface area contributed by atoms with Crippen LogP contribution in [0.25, 0.3) is 0 Å². The zero-order chi connectivity index (χ0) is 29.4. The number of hydrogen-bond donors (Lipinski definition) is 3. The number of aryl methyl sites for hydroxylation is 1. The number of aliphatic carboxylic acids is 1. The molecule has 9 nitrogen and oxygen atoms in total. The number of ether oxygens (including phenoxy) is 1. The second kappa shape index (κ2) is 13.8. The van der Waals surface area contributed by atoms with Gasteiger partial charge in [0.25, 0.3) is 0 Å². The van der Waals surface area contributed by atoms with Crippen molar-refractivity contribution in [2.45, 2.75) is 39.2 Å². The summed E-state index contributed by atoms with van der Waals surface area (Å²) in [5.41, 5.74) is 3.84. The number of para-hydroxylation sites is 1. The first-order valence-electron chi connectivity index (χ1n) is 13.9. The molecule has 2 atom stereocenters. The Bertz CT molecular complexity index is 1360. The fourth-order valence-corrected chi connectivity index (χ4v) is 5.40. The minimum absolute atomic E-state index is 0.0550. The van der Waals surface area contributed by atoms with E-state index in [4.69, 9.17) is 4.74 Å². The largest absolute Gasteiger partial charge is 0.494 e. The van der Waals surface area contributed by atoms with Gasteiger partial charge in [0.15, 0.2) is 0 Å². The number of nitrogens with zero attached hydrogens (tertiary/aromatic N) is 2. The maximum absolute atomic E-state index is 12.7. The highest BCUT2D eigenvalue weighted by Crippen LogP contribution is 2.33. The van der Waals surface area contributed by atoms with E-state index in [1.165, 1.54) is 14.0 Å². The van der Waals surface area contributed by atoms with Gasteiger partial charge in [0.05, 0.1) is 19.2 Å². The second-order valence-corrected chi connectivity index (χ2v) is 10.4. The van der Waals surface area contributed by atoms with Crippen LogP contribution >= 0.6 is 0 Å². The van der Waals surface area contributed by atoms with Crippen LogP contribution < -0.4 is 20.3 Å². The van der Waals surface area contributed by atoms with Crippen LogP contribution in [-0.4, -0.2) is 54.7 Å². The molecule has 1 heterocycles. The van der Waals surface area contributed by atoms with Crippen LogP contribution in [0.15, 0.2) is 72.8 Å². The van der Waals surface area contributed by atoms with Gasteiger partial charge in [-0.25, -0.2) is 4.79 Å². The molecule has 216 valence electrons. The number of nitrogens with one attached hydrogen (secondary N) is 2. The fraction of sp³-hybridized carbons (Fsp3) is 0.344. The van der Waals surface area contributed by atoms with Crippen LogP contribution in [0.1, 0.15) is 43.4 Å². The molecule has 1 aliphatic heterocycles. The molecule has 4 rings (SSSR count). The number of carboxylic acid groups (broad SMARTS) is 1. The number of urea groups is 1. The highest BCUT2D eigenvalue weighted by Gasteiger charge is 2.31. The molecule has 0 spiro atoms. The van der Waals surface area contributed by atoms with E-state index in [0.717, 1.165) is 37.1 Å². The van der Waals surface area contributed by atoms with Crippen molar-refractivity contribution in [3.63, 3.8) is 0 Å². The summed E-state index contributed by atoms with van der Waals surface area (Å²) in [6.07, 6.45) is 1.78. The smallest absolute Gasteiger partial charge is 0.323 e. The van der Waals surface area contributed by atoms with E-state index in [2.05, 4.69) is 15.5 Å². The molecule has 0 aromatic heterocycles. The molecule has 41 heavy (non-hydrogen) atoms. The molecule has 0 radical (unpaired) electrons. The molecule has 0 aliphatic carbocycles. The molecule has 3 N–H and O–H groups in total. The van der Waals surface area contributed by atoms with E-state index < -0.39 is 12.0 Å². The van der Waals surface area contributed by atoms with Crippen molar-refractivity contribution in [2.24, 2.45) is 5.92 Å². The van der Waals surface area contributed by atoms with Crippen molar-refractivity contribution >= 4 is 35.0 Å². The van der Waals surface area contributed by atoms with Crippen molar-refractivity contribution in [2.75, 3.05) is 42.3 Å². The first-order chi connectivity index (χ1) is 19.7. The monoisotopic (exact) mass is 558 g/mol. The van der Waals surface area contributed by atoms with Crippen LogP contribution in [0.4, 0.5) is 21.9 Å². The number of carbonyl (C=O) groups excluding carboxylic acids is 2. The number of anilines is 3. The average molecular weight is 559 g/mol. The van der Waals surface area contributed by atoms with Gasteiger partial charge in [-0.05, 0) is 61.6 Å². The molecule has 3 amide bonds. The van der Waals surface area contributed by atoms with E-state index in [1.807, 2.05) is 61.5 Å². The van der Waals surface area contributed by atoms with Crippen molar-refractivity contribution in [3.05, 3.63) is 83.9 Å². The Labute approximate surface area is 241 Å². The number of rotatable bonds is 11. The minimum atomic E-state index is -0.815. The lowest BCUT2D eigenvalue weighted by molar-refractivity contribution is -0.138. The molecule has 9 heteroatoms. The van der Waals surface area contributed by atoms with Crippen molar-refractivity contribution in [1.82, 2.24) is 4.90 Å². The quantitative estimate of drug-likeness (QED) is 0.269. The number of methoxy groups -OCH3 is 1. The van der Waals surface area contributed by atoms with Crippen LogP contribution in [-0.2, 0) is 9.59 Å². The molecule has 0 bridgehead atoms. The molecule has 3 aromatic carbocycles. The SMILES string of the molecule is COc1cc(N(CCC2CCN(C(CC(=O)O)c3ccccc3)C2)C(C)=O)ccc1NC(=O)Nc1ccccc1C. The first-order valence-corrected chi connectivity index (χ1v) is 13.9. The third-order valence-electron chi connectivity index (χ3n) is 7.59. The van der Waals surface area contributed by atoms with Crippen LogP contribution in [0.5, 0.6) is 5.75 Å². The van der Waals surface area contributed by atoms with Crippen molar-refractivity contribution < 1.29 is 24.2 Å². The lowest BCUT2D eigenvalue weighted by Gasteiger charge is -2.28. The van der Waals surface area contributed by atoms with Gasteiger partial charge in [0, 0.05) is 43.5 Å². The zero-order valence-corrected chi connectivity index (χ0v) is 23.8. The van der Waals surface area contributed by atoms with Crippen LogP contribution in [0.2, 0.25) is 0 Å². The maximum Gasteiger partial charge on any atom is 0.323 e. The first kappa shape index (κ1) is 29.6. The Morgan fingerprint density at radius 2 is 1.73 bits per heavy atom. The van der Waals surface area contributed by atoms with Gasteiger partial charge in [-0.15, -0.1) is 0 Å². The molecular weight excluding hydrogens is 520 g/mol.